The molecule has 0 fully saturated rings. The van der Waals surface area contributed by atoms with Crippen molar-refractivity contribution in [1.29, 1.82) is 0 Å². The SMILES string of the molecule is CCCCCCC(CCC(O)c1ccc(CCCCC)cc1)(C(=O)O)C(=O)O. The second kappa shape index (κ2) is 12.6. The van der Waals surface area contributed by atoms with Crippen LogP contribution in [0.3, 0.4) is 0 Å². The molecule has 1 aromatic rings. The van der Waals surface area contributed by atoms with Crippen molar-refractivity contribution in [2.24, 2.45) is 5.41 Å². The van der Waals surface area contributed by atoms with Crippen molar-refractivity contribution >= 4 is 11.9 Å². The molecule has 1 aromatic carbocycles. The number of hydrogen-bond donors (Lipinski definition) is 3. The first-order valence-corrected chi connectivity index (χ1v) is 10.6. The summed E-state index contributed by atoms with van der Waals surface area (Å²) in [7, 11) is 0. The van der Waals surface area contributed by atoms with Gasteiger partial charge in [0.25, 0.3) is 0 Å². The number of unbranched alkanes of at least 4 members (excludes halogenated alkanes) is 5. The van der Waals surface area contributed by atoms with Crippen LogP contribution in [0, 0.1) is 5.41 Å². The topological polar surface area (TPSA) is 94.8 Å². The number of aliphatic hydroxyl groups is 1. The monoisotopic (exact) mass is 392 g/mol. The Hall–Kier alpha value is -1.88. The van der Waals surface area contributed by atoms with Gasteiger partial charge in [-0.25, -0.2) is 0 Å². The van der Waals surface area contributed by atoms with Crippen LogP contribution in [-0.4, -0.2) is 27.3 Å². The van der Waals surface area contributed by atoms with Crippen molar-refractivity contribution in [2.45, 2.75) is 90.6 Å². The van der Waals surface area contributed by atoms with Crippen LogP contribution in [0.4, 0.5) is 0 Å². The molecule has 0 aliphatic rings. The summed E-state index contributed by atoms with van der Waals surface area (Å²) in [4.78, 5) is 23.6. The number of aliphatic carboxylic acids is 2. The van der Waals surface area contributed by atoms with E-state index in [-0.39, 0.29) is 19.3 Å². The molecule has 1 rings (SSSR count). The summed E-state index contributed by atoms with van der Waals surface area (Å²) < 4.78 is 0. The summed E-state index contributed by atoms with van der Waals surface area (Å²) in [6.07, 6.45) is 7.11. The van der Waals surface area contributed by atoms with Crippen LogP contribution in [0.2, 0.25) is 0 Å². The van der Waals surface area contributed by atoms with Gasteiger partial charge in [-0.15, -0.1) is 0 Å². The summed E-state index contributed by atoms with van der Waals surface area (Å²) in [5.41, 5.74) is 0.0927. The molecule has 0 saturated carbocycles. The van der Waals surface area contributed by atoms with E-state index in [1.807, 2.05) is 31.2 Å². The zero-order valence-corrected chi connectivity index (χ0v) is 17.3. The van der Waals surface area contributed by atoms with Crippen molar-refractivity contribution in [2.75, 3.05) is 0 Å². The van der Waals surface area contributed by atoms with Gasteiger partial charge in [-0.2, -0.15) is 0 Å². The van der Waals surface area contributed by atoms with E-state index >= 15 is 0 Å². The zero-order valence-electron chi connectivity index (χ0n) is 17.3. The number of carboxylic acids is 2. The number of carbonyl (C=O) groups is 2. The van der Waals surface area contributed by atoms with Crippen LogP contribution >= 0.6 is 0 Å². The maximum absolute atomic E-state index is 11.8. The molecule has 0 spiro atoms. The van der Waals surface area contributed by atoms with Crippen LogP contribution in [0.25, 0.3) is 0 Å². The highest BCUT2D eigenvalue weighted by Crippen LogP contribution is 2.35. The molecule has 0 aliphatic carbocycles. The fourth-order valence-electron chi connectivity index (χ4n) is 3.53. The molecule has 28 heavy (non-hydrogen) atoms. The Morgan fingerprint density at radius 2 is 1.43 bits per heavy atom. The van der Waals surface area contributed by atoms with E-state index < -0.39 is 23.5 Å². The predicted octanol–water partition coefficient (Wildman–Crippen LogP) is 5.36. The minimum absolute atomic E-state index is 0.0801. The number of benzene rings is 1. The molecular weight excluding hydrogens is 356 g/mol. The van der Waals surface area contributed by atoms with Crippen molar-refractivity contribution in [1.82, 2.24) is 0 Å². The van der Waals surface area contributed by atoms with Gasteiger partial charge in [-0.1, -0.05) is 76.6 Å². The Balaban J connectivity index is 2.72. The van der Waals surface area contributed by atoms with Crippen LogP contribution in [0.5, 0.6) is 0 Å². The summed E-state index contributed by atoms with van der Waals surface area (Å²) in [6, 6.07) is 7.69. The van der Waals surface area contributed by atoms with Gasteiger partial charge in [0, 0.05) is 0 Å². The van der Waals surface area contributed by atoms with E-state index in [1.165, 1.54) is 18.4 Å². The molecule has 0 radical (unpaired) electrons. The van der Waals surface area contributed by atoms with E-state index in [0.29, 0.717) is 12.0 Å². The third kappa shape index (κ3) is 7.27. The van der Waals surface area contributed by atoms with Crippen LogP contribution in [0.15, 0.2) is 24.3 Å². The quantitative estimate of drug-likeness (QED) is 0.276. The highest BCUT2D eigenvalue weighted by atomic mass is 16.4. The maximum atomic E-state index is 11.8. The van der Waals surface area contributed by atoms with Gasteiger partial charge < -0.3 is 15.3 Å². The molecule has 3 N–H and O–H groups in total. The predicted molar refractivity (Wildman–Crippen MR) is 110 cm³/mol. The van der Waals surface area contributed by atoms with Crippen LogP contribution < -0.4 is 0 Å². The van der Waals surface area contributed by atoms with E-state index in [2.05, 4.69) is 6.92 Å². The Morgan fingerprint density at radius 3 is 1.96 bits per heavy atom. The lowest BCUT2D eigenvalue weighted by molar-refractivity contribution is -0.166. The first-order valence-electron chi connectivity index (χ1n) is 10.6. The number of aryl methyl sites for hydroxylation is 1. The van der Waals surface area contributed by atoms with E-state index in [0.717, 1.165) is 32.1 Å². The van der Waals surface area contributed by atoms with E-state index in [4.69, 9.17) is 0 Å². The Kier molecular flexibility index (Phi) is 10.8. The first-order chi connectivity index (χ1) is 13.4. The fourth-order valence-corrected chi connectivity index (χ4v) is 3.53. The average Bonchev–Trinajstić information content (AvgIpc) is 2.67. The Bertz CT molecular complexity index is 580. The number of aliphatic hydroxyl groups excluding tert-OH is 1. The molecule has 1 unspecified atom stereocenters. The lowest BCUT2D eigenvalue weighted by atomic mass is 9.77. The molecule has 0 saturated heterocycles. The maximum Gasteiger partial charge on any atom is 0.321 e. The van der Waals surface area contributed by atoms with Gasteiger partial charge in [0.05, 0.1) is 6.10 Å². The van der Waals surface area contributed by atoms with Gasteiger partial charge in [0.1, 0.15) is 0 Å². The van der Waals surface area contributed by atoms with E-state index in [9.17, 15) is 24.9 Å². The van der Waals surface area contributed by atoms with Crippen molar-refractivity contribution in [3.8, 4) is 0 Å². The van der Waals surface area contributed by atoms with Crippen LogP contribution in [0.1, 0.15) is 95.3 Å². The smallest absolute Gasteiger partial charge is 0.321 e. The van der Waals surface area contributed by atoms with Gasteiger partial charge in [0.15, 0.2) is 5.41 Å². The standard InChI is InChI=1S/C23H36O5/c1-3-5-7-9-16-23(21(25)26,22(27)28)17-15-20(24)19-13-11-18(12-14-19)10-8-6-4-2/h11-14,20,24H,3-10,15-17H2,1-2H3,(H,25,26)(H,27,28). The minimum Gasteiger partial charge on any atom is -0.480 e. The van der Waals surface area contributed by atoms with Crippen molar-refractivity contribution in [3.05, 3.63) is 35.4 Å². The molecule has 0 bridgehead atoms. The molecular formula is C23H36O5. The zero-order chi connectivity index (χ0) is 21.0. The third-order valence-corrected chi connectivity index (χ3v) is 5.55. The average molecular weight is 393 g/mol. The van der Waals surface area contributed by atoms with Gasteiger partial charge in [-0.05, 0) is 43.2 Å². The second-order valence-corrected chi connectivity index (χ2v) is 7.76. The Morgan fingerprint density at radius 1 is 0.857 bits per heavy atom. The van der Waals surface area contributed by atoms with Gasteiger partial charge in [0.2, 0.25) is 0 Å². The molecule has 1 atom stereocenters. The highest BCUT2D eigenvalue weighted by molar-refractivity contribution is 5.98. The van der Waals surface area contributed by atoms with E-state index in [1.54, 1.807) is 0 Å². The lowest BCUT2D eigenvalue weighted by Crippen LogP contribution is -2.39. The second-order valence-electron chi connectivity index (χ2n) is 7.76. The summed E-state index contributed by atoms with van der Waals surface area (Å²) in [6.45, 7) is 4.21. The fraction of sp³-hybridized carbons (Fsp3) is 0.652. The first kappa shape index (κ1) is 24.2. The molecule has 5 heteroatoms. The van der Waals surface area contributed by atoms with Crippen LogP contribution in [-0.2, 0) is 16.0 Å². The Labute approximate surface area is 168 Å². The molecule has 0 aromatic heterocycles. The largest absolute Gasteiger partial charge is 0.480 e. The number of carboxylic acid groups (broad SMARTS) is 2. The molecule has 5 nitrogen and oxygen atoms in total. The van der Waals surface area contributed by atoms with Gasteiger partial charge in [-0.3, -0.25) is 9.59 Å². The third-order valence-electron chi connectivity index (χ3n) is 5.55. The van der Waals surface area contributed by atoms with Crippen molar-refractivity contribution < 1.29 is 24.9 Å². The minimum atomic E-state index is -1.82. The number of hydrogen-bond acceptors (Lipinski definition) is 3. The molecule has 158 valence electrons. The summed E-state index contributed by atoms with van der Waals surface area (Å²) >= 11 is 0. The number of rotatable bonds is 15. The normalized spacial score (nSPS) is 12.7. The highest BCUT2D eigenvalue weighted by Gasteiger charge is 2.45. The molecule has 0 amide bonds. The molecule has 0 aliphatic heterocycles. The summed E-state index contributed by atoms with van der Waals surface area (Å²) in [5.74, 6) is -2.62. The van der Waals surface area contributed by atoms with Gasteiger partial charge >= 0.3 is 11.9 Å². The van der Waals surface area contributed by atoms with Crippen molar-refractivity contribution in [3.63, 3.8) is 0 Å². The lowest BCUT2D eigenvalue weighted by Gasteiger charge is -2.26. The molecule has 0 heterocycles. The summed E-state index contributed by atoms with van der Waals surface area (Å²) in [5, 5.41) is 29.7.